The van der Waals surface area contributed by atoms with Gasteiger partial charge in [-0.05, 0) is 91.8 Å². The van der Waals surface area contributed by atoms with E-state index in [1.807, 2.05) is 87.0 Å². The highest BCUT2D eigenvalue weighted by atomic mass is 19.2. The van der Waals surface area contributed by atoms with Crippen LogP contribution < -0.4 is 25.0 Å². The number of rotatable bonds is 20. The van der Waals surface area contributed by atoms with Crippen LogP contribution in [0.4, 0.5) is 14.6 Å². The monoisotopic (exact) mass is 1130 g/mol. The van der Waals surface area contributed by atoms with E-state index in [1.54, 1.807) is 26.4 Å². The van der Waals surface area contributed by atoms with Gasteiger partial charge in [-0.2, -0.15) is 20.2 Å². The molecule has 8 aromatic rings. The van der Waals surface area contributed by atoms with E-state index in [-0.39, 0.29) is 73.9 Å². The van der Waals surface area contributed by atoms with Gasteiger partial charge in [-0.15, -0.1) is 5.10 Å². The SMILES string of the molecule is CCn1nccc1-c1ccc([C@H](CO)NC(=O)[C@@H]2C[C@@H](O)CN2C(=O)[C@H](C(C)C)n2cc(-c3ccc(COc4c(-c5c(C)c(F)c(F)c6[nH]ncc56)c(C5CCC5)cc5c(N6C[C@@H]7C[C@H]6CN7)nc(OC[C@H](C)OC)nc45)cc3)nn2)cc1. The van der Waals surface area contributed by atoms with E-state index in [0.29, 0.717) is 57.2 Å². The number of ether oxygens (including phenoxy) is 3. The summed E-state index contributed by atoms with van der Waals surface area (Å²) in [5, 5.41) is 49.3. The first-order chi connectivity index (χ1) is 40.2. The fourth-order valence-corrected chi connectivity index (χ4v) is 12.4. The fourth-order valence-electron chi connectivity index (χ4n) is 12.4. The number of carbonyl (C=O) groups is 2. The summed E-state index contributed by atoms with van der Waals surface area (Å²) in [6, 6.07) is 17.2. The Morgan fingerprint density at radius 3 is 2.41 bits per heavy atom. The number of aromatic amines is 1. The van der Waals surface area contributed by atoms with E-state index in [2.05, 4.69) is 47.2 Å². The predicted molar refractivity (Wildman–Crippen MR) is 306 cm³/mol. The van der Waals surface area contributed by atoms with Gasteiger partial charge < -0.3 is 44.9 Å². The molecule has 12 rings (SSSR count). The maximum atomic E-state index is 16.2. The second-order valence-electron chi connectivity index (χ2n) is 22.9. The molecule has 22 heteroatoms. The summed E-state index contributed by atoms with van der Waals surface area (Å²) >= 11 is 0. The van der Waals surface area contributed by atoms with Crippen LogP contribution in [0.25, 0.3) is 55.4 Å². The fraction of sp³-hybridized carbons (Fsp3) is 0.443. The van der Waals surface area contributed by atoms with Crippen molar-refractivity contribution in [1.82, 2.24) is 60.5 Å². The first-order valence-corrected chi connectivity index (χ1v) is 28.7. The van der Waals surface area contributed by atoms with E-state index in [1.165, 1.54) is 15.8 Å². The smallest absolute Gasteiger partial charge is 0.319 e. The van der Waals surface area contributed by atoms with Crippen molar-refractivity contribution in [2.45, 2.75) is 128 Å². The number of piperazine rings is 1. The number of anilines is 1. The maximum absolute atomic E-state index is 16.2. The average Bonchev–Trinajstić information content (AvgIpc) is 3.73. The minimum atomic E-state index is -1.01. The van der Waals surface area contributed by atoms with Crippen LogP contribution in [0.1, 0.15) is 100 Å². The van der Waals surface area contributed by atoms with Crippen LogP contribution in [0.5, 0.6) is 11.8 Å². The van der Waals surface area contributed by atoms with E-state index in [4.69, 9.17) is 24.2 Å². The number of halogens is 2. The van der Waals surface area contributed by atoms with E-state index in [9.17, 15) is 19.8 Å². The van der Waals surface area contributed by atoms with Gasteiger partial charge in [0.2, 0.25) is 11.8 Å². The van der Waals surface area contributed by atoms with Gasteiger partial charge >= 0.3 is 6.01 Å². The molecule has 4 aromatic heterocycles. The molecule has 434 valence electrons. The van der Waals surface area contributed by atoms with Gasteiger partial charge in [0.25, 0.3) is 0 Å². The van der Waals surface area contributed by atoms with Crippen molar-refractivity contribution in [3.8, 4) is 45.4 Å². The molecular formula is C61H69F2N13O7. The largest absolute Gasteiger partial charge is 0.486 e. The molecule has 4 fully saturated rings. The number of carbonyl (C=O) groups excluding carboxylic acids is 2. The number of hydrogen-bond acceptors (Lipinski definition) is 15. The third kappa shape index (κ3) is 10.4. The zero-order valence-corrected chi connectivity index (χ0v) is 47.4. The van der Waals surface area contributed by atoms with Crippen LogP contribution in [-0.2, 0) is 27.5 Å². The number of likely N-dealkylation sites (tertiary alicyclic amines) is 1. The van der Waals surface area contributed by atoms with E-state index >= 15 is 8.78 Å². The number of benzene rings is 4. The Balaban J connectivity index is 0.832. The zero-order valence-electron chi connectivity index (χ0n) is 47.4. The normalized spacial score (nSPS) is 19.9. The average molecular weight is 1130 g/mol. The topological polar surface area (TPSA) is 236 Å². The van der Waals surface area contributed by atoms with Crippen molar-refractivity contribution in [2.75, 3.05) is 44.9 Å². The van der Waals surface area contributed by atoms with Gasteiger partial charge in [0.15, 0.2) is 17.4 Å². The maximum Gasteiger partial charge on any atom is 0.319 e. The number of hydrogen-bond donors (Lipinski definition) is 5. The summed E-state index contributed by atoms with van der Waals surface area (Å²) in [4.78, 5) is 42.6. The highest BCUT2D eigenvalue weighted by Gasteiger charge is 2.44. The number of aromatic nitrogens is 9. The van der Waals surface area contributed by atoms with Gasteiger partial charge in [-0.3, -0.25) is 19.4 Å². The number of amides is 2. The zero-order chi connectivity index (χ0) is 57.8. The molecule has 3 aliphatic heterocycles. The van der Waals surface area contributed by atoms with Crippen LogP contribution in [0.15, 0.2) is 79.3 Å². The second kappa shape index (κ2) is 23.0. The van der Waals surface area contributed by atoms with Crippen molar-refractivity contribution in [2.24, 2.45) is 5.92 Å². The quantitative estimate of drug-likeness (QED) is 0.0491. The summed E-state index contributed by atoms with van der Waals surface area (Å²) in [5.41, 5.74) is 7.10. The number of aryl methyl sites for hydroxylation is 1. The minimum Gasteiger partial charge on any atom is -0.486 e. The van der Waals surface area contributed by atoms with Gasteiger partial charge in [-0.1, -0.05) is 74.0 Å². The Hall–Kier alpha value is -7.92. The molecule has 1 aliphatic carbocycles. The molecular weight excluding hydrogens is 1060 g/mol. The molecule has 0 spiro atoms. The number of β-amino-alcohol motifs (C(OH)–C–C–N with tert-alkyl or cyclic N) is 1. The Labute approximate surface area is 478 Å². The third-order valence-electron chi connectivity index (χ3n) is 17.2. The molecule has 0 radical (unpaired) electrons. The van der Waals surface area contributed by atoms with Gasteiger partial charge in [0.1, 0.15) is 47.8 Å². The Bertz CT molecular complexity index is 3700. The number of fused-ring (bicyclic) bond motifs is 4. The number of aliphatic hydroxyl groups excluding tert-OH is 2. The molecule has 0 unspecified atom stereocenters. The summed E-state index contributed by atoms with van der Waals surface area (Å²) in [6.07, 6.45) is 7.57. The van der Waals surface area contributed by atoms with Crippen LogP contribution in [0.2, 0.25) is 0 Å². The number of methoxy groups -OCH3 is 1. The van der Waals surface area contributed by atoms with Crippen molar-refractivity contribution >= 4 is 39.4 Å². The molecule has 2 bridgehead atoms. The molecule has 1 saturated carbocycles. The van der Waals surface area contributed by atoms with Crippen LogP contribution >= 0.6 is 0 Å². The standard InChI is InChI=1S/C61H69F2N13O7/c1-7-75-48(19-20-66-75)39-17-15-38(16-18-39)47(29-77)67-59(79)49-22-42(78)27-74(49)60(80)56(32(2)3)76-28-46(70-72-76)37-13-11-35(12-14-37)31-82-57-51(50-34(5)52(62)53(63)54-45(50)25-65-71-54)43(36-9-8-10-36)23-44-55(57)68-61(83-30-33(4)81-6)69-58(44)73-26-40-21-41(73)24-64-40/h11-20,23,25,28,32-33,36,40-42,47,49,56,64,77-78H,7-10,21-22,24,26-27,29-31H2,1-6H3,(H,65,71)(H,67,79)/t33-,40-,41-,42+,47-,49-,56-/m0/s1. The molecule has 83 heavy (non-hydrogen) atoms. The Morgan fingerprint density at radius 1 is 0.940 bits per heavy atom. The first kappa shape index (κ1) is 55.6. The minimum absolute atomic E-state index is 0.0249. The third-order valence-corrected chi connectivity index (χ3v) is 17.2. The lowest BCUT2D eigenvalue weighted by molar-refractivity contribution is -0.142. The second-order valence-corrected chi connectivity index (χ2v) is 22.9. The van der Waals surface area contributed by atoms with Gasteiger partial charge in [0, 0.05) is 85.5 Å². The lowest BCUT2D eigenvalue weighted by Gasteiger charge is -2.33. The lowest BCUT2D eigenvalue weighted by Crippen LogP contribution is -2.50. The number of aliphatic hydroxyl groups is 2. The summed E-state index contributed by atoms with van der Waals surface area (Å²) < 4.78 is 54.2. The van der Waals surface area contributed by atoms with Crippen molar-refractivity contribution < 1.29 is 42.8 Å². The van der Waals surface area contributed by atoms with Gasteiger partial charge in [0.05, 0.1) is 42.9 Å². The van der Waals surface area contributed by atoms with E-state index < -0.39 is 47.7 Å². The number of nitrogens with zero attached hydrogens (tertiary/aromatic N) is 10. The predicted octanol–water partition coefficient (Wildman–Crippen LogP) is 7.72. The lowest BCUT2D eigenvalue weighted by atomic mass is 9.75. The van der Waals surface area contributed by atoms with Crippen molar-refractivity contribution in [3.63, 3.8) is 0 Å². The summed E-state index contributed by atoms with van der Waals surface area (Å²) in [7, 11) is 1.61. The molecule has 20 nitrogen and oxygen atoms in total. The highest BCUT2D eigenvalue weighted by Crippen LogP contribution is 2.52. The molecule has 7 heterocycles. The molecule has 3 saturated heterocycles. The molecule has 4 aliphatic rings. The van der Waals surface area contributed by atoms with E-state index in [0.717, 1.165) is 72.4 Å². The molecule has 5 N–H and O–H groups in total. The van der Waals surface area contributed by atoms with Crippen LogP contribution in [-0.4, -0.2) is 142 Å². The molecule has 2 amide bonds. The van der Waals surface area contributed by atoms with Crippen LogP contribution in [0.3, 0.4) is 0 Å². The first-order valence-electron chi connectivity index (χ1n) is 28.7. The Kier molecular flexibility index (Phi) is 15.4. The highest BCUT2D eigenvalue weighted by molar-refractivity contribution is 6.06. The van der Waals surface area contributed by atoms with Crippen LogP contribution in [0, 0.1) is 24.5 Å². The summed E-state index contributed by atoms with van der Waals surface area (Å²) in [5.74, 6) is -1.97. The Morgan fingerprint density at radius 2 is 1.72 bits per heavy atom. The molecule has 7 atom stereocenters. The molecule has 4 aromatic carbocycles. The van der Waals surface area contributed by atoms with Crippen molar-refractivity contribution in [3.05, 3.63) is 113 Å². The van der Waals surface area contributed by atoms with Gasteiger partial charge in [-0.25, -0.2) is 13.5 Å². The number of nitrogens with one attached hydrogen (secondary N) is 3. The van der Waals surface area contributed by atoms with Crippen molar-refractivity contribution in [1.29, 1.82) is 0 Å². The summed E-state index contributed by atoms with van der Waals surface area (Å²) in [6.45, 7) is 11.3. The number of H-pyrrole nitrogens is 1.